The smallest absolute Gasteiger partial charge is 0.268 e. The van der Waals surface area contributed by atoms with E-state index in [1.165, 1.54) is 60.0 Å². The van der Waals surface area contributed by atoms with Gasteiger partial charge >= 0.3 is 0 Å². The van der Waals surface area contributed by atoms with Crippen molar-refractivity contribution < 1.29 is 23.0 Å². The number of benzene rings is 2. The third-order valence-electron chi connectivity index (χ3n) is 7.01. The van der Waals surface area contributed by atoms with Crippen LogP contribution < -0.4 is 20.9 Å². The van der Waals surface area contributed by atoms with Crippen LogP contribution in [0, 0.1) is 11.6 Å². The van der Waals surface area contributed by atoms with Gasteiger partial charge in [0.15, 0.2) is 11.6 Å². The number of nitrogens with one attached hydrogen (secondary N) is 2. The number of halogens is 4. The van der Waals surface area contributed by atoms with Gasteiger partial charge in [-0.1, -0.05) is 17.7 Å². The minimum atomic E-state index is -0.799. The highest BCUT2D eigenvalue weighted by Gasteiger charge is 2.18. The van der Waals surface area contributed by atoms with Gasteiger partial charge < -0.3 is 20.1 Å². The number of carbonyl (C=O) groups is 1. The van der Waals surface area contributed by atoms with Crippen LogP contribution in [0.5, 0.6) is 11.5 Å². The van der Waals surface area contributed by atoms with E-state index in [0.717, 1.165) is 33.3 Å². The zero-order chi connectivity index (χ0) is 32.9. The maximum atomic E-state index is 15.3. The highest BCUT2D eigenvalue weighted by atomic mass is 35.5. The largest absolute Gasteiger partial charge is 0.453 e. The van der Waals surface area contributed by atoms with E-state index in [9.17, 15) is 14.0 Å². The number of nitrogens with zero attached hydrogens (tertiary/aromatic N) is 3. The Morgan fingerprint density at radius 1 is 1.00 bits per heavy atom. The fourth-order valence-electron chi connectivity index (χ4n) is 4.69. The Hall–Kier alpha value is -4.72. The Labute approximate surface area is 288 Å². The van der Waals surface area contributed by atoms with Crippen LogP contribution in [0.15, 0.2) is 96.2 Å². The lowest BCUT2D eigenvalue weighted by Gasteiger charge is -2.11. The number of hydrogen-bond acceptors (Lipinski definition) is 8. The molecule has 2 aromatic carbocycles. The lowest BCUT2D eigenvalue weighted by molar-refractivity contribution is 0.102. The van der Waals surface area contributed by atoms with Crippen LogP contribution in [0.1, 0.15) is 15.9 Å². The summed E-state index contributed by atoms with van der Waals surface area (Å²) in [6.45, 7) is 2.05. The number of anilines is 1. The minimum absolute atomic E-state index is 0. The molecule has 14 heteroatoms. The quantitative estimate of drug-likeness (QED) is 0.133. The standard InChI is InChI=1S/C34H26ClF2N5O4S.ClH/c1-45-13-12-38-17-20-2-8-27(40-18-20)31-16-28-32(47-31)30(10-11-39-28)46-29-9-5-23(15-26(29)37)41-33(43)25-14-21(35)19-42(34(25)44)24-6-3-22(36)4-7-24;/h2-11,14-16,18-19,38H,12-13,17H2,1H3,(H,41,43);1H. The van der Waals surface area contributed by atoms with Crippen molar-refractivity contribution in [2.75, 3.05) is 25.6 Å². The zero-order valence-electron chi connectivity index (χ0n) is 25.2. The molecule has 0 fully saturated rings. The van der Waals surface area contributed by atoms with Crippen LogP contribution in [-0.2, 0) is 11.3 Å². The predicted octanol–water partition coefficient (Wildman–Crippen LogP) is 7.64. The molecule has 0 bridgehead atoms. The van der Waals surface area contributed by atoms with Gasteiger partial charge in [0, 0.05) is 62.3 Å². The minimum Gasteiger partial charge on any atom is -0.453 e. The number of thiophene rings is 1. The molecule has 4 heterocycles. The molecule has 1 amide bonds. The number of pyridine rings is 3. The molecule has 0 unspecified atom stereocenters. The summed E-state index contributed by atoms with van der Waals surface area (Å²) in [7, 11) is 1.66. The van der Waals surface area contributed by atoms with Crippen LogP contribution in [0.4, 0.5) is 14.5 Å². The molecular weight excluding hydrogens is 683 g/mol. The predicted molar refractivity (Wildman–Crippen MR) is 185 cm³/mol. The van der Waals surface area contributed by atoms with Crippen molar-refractivity contribution in [2.24, 2.45) is 0 Å². The van der Waals surface area contributed by atoms with Gasteiger partial charge in [-0.25, -0.2) is 8.78 Å². The molecule has 6 rings (SSSR count). The molecule has 6 aromatic rings. The van der Waals surface area contributed by atoms with E-state index >= 15 is 4.39 Å². The Kier molecular flexibility index (Phi) is 11.1. The second kappa shape index (κ2) is 15.5. The van der Waals surface area contributed by atoms with E-state index in [4.69, 9.17) is 21.1 Å². The van der Waals surface area contributed by atoms with Gasteiger partial charge in [0.1, 0.15) is 17.1 Å². The van der Waals surface area contributed by atoms with Crippen molar-refractivity contribution in [3.05, 3.63) is 130 Å². The Morgan fingerprint density at radius 2 is 1.81 bits per heavy atom. The summed E-state index contributed by atoms with van der Waals surface area (Å²) in [6.07, 6.45) is 4.71. The third-order valence-corrected chi connectivity index (χ3v) is 8.38. The van der Waals surface area contributed by atoms with Crippen molar-refractivity contribution in [1.29, 1.82) is 0 Å². The third kappa shape index (κ3) is 7.87. The normalized spacial score (nSPS) is 10.9. The van der Waals surface area contributed by atoms with Crippen molar-refractivity contribution in [2.45, 2.75) is 6.54 Å². The van der Waals surface area contributed by atoms with Gasteiger partial charge in [-0.3, -0.25) is 24.1 Å². The Bertz CT molecular complexity index is 2130. The van der Waals surface area contributed by atoms with Gasteiger partial charge in [0.05, 0.1) is 32.4 Å². The summed E-state index contributed by atoms with van der Waals surface area (Å²) < 4.78 is 41.5. The molecule has 2 N–H and O–H groups in total. The summed E-state index contributed by atoms with van der Waals surface area (Å²) in [4.78, 5) is 36.0. The Morgan fingerprint density at radius 3 is 2.54 bits per heavy atom. The molecule has 246 valence electrons. The van der Waals surface area contributed by atoms with Crippen LogP contribution in [0.3, 0.4) is 0 Å². The van der Waals surface area contributed by atoms with Gasteiger partial charge in [-0.15, -0.1) is 23.7 Å². The molecule has 0 aliphatic rings. The molecule has 0 radical (unpaired) electrons. The molecule has 0 spiro atoms. The Balaban J connectivity index is 0.00000451. The maximum absolute atomic E-state index is 15.3. The summed E-state index contributed by atoms with van der Waals surface area (Å²) in [5.41, 5.74) is 1.93. The molecule has 0 saturated heterocycles. The van der Waals surface area contributed by atoms with Gasteiger partial charge in [-0.2, -0.15) is 0 Å². The number of aromatic nitrogens is 3. The SMILES string of the molecule is COCCNCc1ccc(-c2cc3nccc(Oc4ccc(NC(=O)c5cc(Cl)cn(-c6ccc(F)cc6)c5=O)cc4F)c3s2)nc1.Cl. The highest BCUT2D eigenvalue weighted by Crippen LogP contribution is 2.39. The topological polar surface area (TPSA) is 107 Å². The lowest BCUT2D eigenvalue weighted by atomic mass is 10.2. The first-order chi connectivity index (χ1) is 22.8. The molecule has 9 nitrogen and oxygen atoms in total. The average Bonchev–Trinajstić information content (AvgIpc) is 3.51. The molecule has 4 aromatic heterocycles. The first-order valence-corrected chi connectivity index (χ1v) is 15.5. The molecule has 0 saturated carbocycles. The van der Waals surface area contributed by atoms with E-state index in [1.807, 2.05) is 24.4 Å². The molecule has 48 heavy (non-hydrogen) atoms. The number of carbonyl (C=O) groups excluding carboxylic acids is 1. The van der Waals surface area contributed by atoms with Gasteiger partial charge in [0.25, 0.3) is 11.5 Å². The number of ether oxygens (including phenoxy) is 2. The van der Waals surface area contributed by atoms with E-state index in [1.54, 1.807) is 19.4 Å². The van der Waals surface area contributed by atoms with E-state index in [-0.39, 0.29) is 34.4 Å². The first kappa shape index (κ1) is 34.6. The summed E-state index contributed by atoms with van der Waals surface area (Å²) in [5, 5.41) is 5.92. The molecule has 0 aliphatic heterocycles. The number of hydrogen-bond donors (Lipinski definition) is 2. The molecule has 0 aliphatic carbocycles. The fraction of sp³-hybridized carbons (Fsp3) is 0.118. The van der Waals surface area contributed by atoms with Crippen LogP contribution in [0.25, 0.3) is 26.5 Å². The average molecular weight is 711 g/mol. The van der Waals surface area contributed by atoms with Crippen LogP contribution in [0.2, 0.25) is 5.02 Å². The van der Waals surface area contributed by atoms with Crippen LogP contribution in [-0.4, -0.2) is 40.7 Å². The highest BCUT2D eigenvalue weighted by molar-refractivity contribution is 7.22. The van der Waals surface area contributed by atoms with Crippen molar-refractivity contribution in [1.82, 2.24) is 19.9 Å². The monoisotopic (exact) mass is 709 g/mol. The second-order valence-corrected chi connectivity index (χ2v) is 11.8. The maximum Gasteiger partial charge on any atom is 0.268 e. The van der Waals surface area contributed by atoms with Crippen molar-refractivity contribution in [3.8, 4) is 27.8 Å². The summed E-state index contributed by atoms with van der Waals surface area (Å²) >= 11 is 7.60. The van der Waals surface area contributed by atoms with Crippen molar-refractivity contribution in [3.63, 3.8) is 0 Å². The van der Waals surface area contributed by atoms with E-state index < -0.39 is 23.1 Å². The fourth-order valence-corrected chi connectivity index (χ4v) is 5.94. The first-order valence-electron chi connectivity index (χ1n) is 14.3. The van der Waals surface area contributed by atoms with Gasteiger partial charge in [0.2, 0.25) is 0 Å². The summed E-state index contributed by atoms with van der Waals surface area (Å²) in [6, 6.07) is 17.7. The van der Waals surface area contributed by atoms with E-state index in [0.29, 0.717) is 34.8 Å². The second-order valence-electron chi connectivity index (χ2n) is 10.3. The molecule has 0 atom stereocenters. The number of rotatable bonds is 11. The molecular formula is C34H27Cl2F2N5O4S. The lowest BCUT2D eigenvalue weighted by Crippen LogP contribution is -2.28. The van der Waals surface area contributed by atoms with Crippen LogP contribution >= 0.6 is 35.3 Å². The van der Waals surface area contributed by atoms with E-state index in [2.05, 4.69) is 20.6 Å². The number of amides is 1. The van der Waals surface area contributed by atoms with Gasteiger partial charge in [-0.05, 0) is 60.2 Å². The number of methoxy groups -OCH3 is 1. The van der Waals surface area contributed by atoms with Crippen molar-refractivity contribution >= 4 is 57.2 Å². The number of fused-ring (bicyclic) bond motifs is 1. The zero-order valence-corrected chi connectivity index (χ0v) is 27.6. The summed E-state index contributed by atoms with van der Waals surface area (Å²) in [5.74, 6) is -1.69.